The molecule has 0 aromatic carbocycles. The number of rotatable bonds is 4. The summed E-state index contributed by atoms with van der Waals surface area (Å²) in [6.07, 6.45) is 1.18. The topological polar surface area (TPSA) is 54.2 Å². The van der Waals surface area contributed by atoms with Gasteiger partial charge in [-0.1, -0.05) is 11.2 Å². The lowest BCUT2D eigenvalue weighted by Gasteiger charge is -2.20. The first-order valence-corrected chi connectivity index (χ1v) is 6.98. The second-order valence-electron chi connectivity index (χ2n) is 4.55. The molecule has 0 spiro atoms. The smallest absolute Gasteiger partial charge is 0.241 e. The number of hydrogen-bond donors (Lipinski definition) is 1. The average Bonchev–Trinajstić information content (AvgIpc) is 3.12. The van der Waals surface area contributed by atoms with E-state index in [0.717, 1.165) is 18.0 Å². The minimum atomic E-state index is 0. The Balaban J connectivity index is 0.00000133. The molecule has 0 aliphatic carbocycles. The molecule has 104 valence electrons. The summed E-state index contributed by atoms with van der Waals surface area (Å²) in [6, 6.07) is 4.57. The van der Waals surface area contributed by atoms with Gasteiger partial charge in [0.25, 0.3) is 0 Å². The molecule has 7 heteroatoms. The summed E-state index contributed by atoms with van der Waals surface area (Å²) >= 11 is 1.62. The van der Waals surface area contributed by atoms with E-state index in [2.05, 4.69) is 27.4 Å². The molecule has 0 amide bonds. The van der Waals surface area contributed by atoms with E-state index in [4.69, 9.17) is 4.52 Å². The Labute approximate surface area is 122 Å². The number of hydrogen-bond acceptors (Lipinski definition) is 6. The van der Waals surface area contributed by atoms with Gasteiger partial charge in [0.15, 0.2) is 0 Å². The van der Waals surface area contributed by atoms with Crippen LogP contribution in [-0.2, 0) is 6.54 Å². The van der Waals surface area contributed by atoms with Crippen LogP contribution in [-0.4, -0.2) is 41.2 Å². The number of likely N-dealkylation sites (N-methyl/N-ethyl adjacent to an activating group) is 1. The molecular weight excluding hydrogens is 284 g/mol. The molecule has 1 aliphatic rings. The molecule has 2 aromatic heterocycles. The molecule has 1 fully saturated rings. The van der Waals surface area contributed by atoms with Crippen LogP contribution >= 0.6 is 23.7 Å². The molecule has 2 aromatic rings. The summed E-state index contributed by atoms with van der Waals surface area (Å²) in [5.41, 5.74) is 0. The third-order valence-corrected chi connectivity index (χ3v) is 4.12. The maximum absolute atomic E-state index is 5.30. The first-order valence-electron chi connectivity index (χ1n) is 6.10. The van der Waals surface area contributed by atoms with Gasteiger partial charge in [-0.3, -0.25) is 4.90 Å². The maximum atomic E-state index is 5.30. The van der Waals surface area contributed by atoms with Crippen molar-refractivity contribution >= 4 is 23.7 Å². The fourth-order valence-electron chi connectivity index (χ4n) is 2.18. The van der Waals surface area contributed by atoms with E-state index in [9.17, 15) is 0 Å². The summed E-state index contributed by atoms with van der Waals surface area (Å²) in [5, 5.41) is 9.40. The number of aromatic nitrogens is 2. The standard InChI is InChI=1S/C12H16N4OS.ClH/c1-16(9-4-5-13-7-9)8-11-14-12(15-17-11)10-3-2-6-18-10;/h2-3,6,9,13H,4-5,7-8H2,1H3;1H. The number of nitrogens with one attached hydrogen (secondary N) is 1. The van der Waals surface area contributed by atoms with Crippen molar-refractivity contribution in [3.05, 3.63) is 23.4 Å². The van der Waals surface area contributed by atoms with Crippen LogP contribution in [0.25, 0.3) is 10.7 Å². The Morgan fingerprint density at radius 1 is 1.58 bits per heavy atom. The quantitative estimate of drug-likeness (QED) is 0.936. The molecule has 3 heterocycles. The van der Waals surface area contributed by atoms with Crippen LogP contribution in [0.15, 0.2) is 22.0 Å². The minimum absolute atomic E-state index is 0. The van der Waals surface area contributed by atoms with Gasteiger partial charge >= 0.3 is 0 Å². The largest absolute Gasteiger partial charge is 0.338 e. The molecule has 0 saturated carbocycles. The fourth-order valence-corrected chi connectivity index (χ4v) is 2.83. The van der Waals surface area contributed by atoms with E-state index in [0.29, 0.717) is 24.3 Å². The van der Waals surface area contributed by atoms with Crippen LogP contribution in [0.1, 0.15) is 12.3 Å². The molecule has 1 N–H and O–H groups in total. The predicted molar refractivity (Wildman–Crippen MR) is 77.6 cm³/mol. The summed E-state index contributed by atoms with van der Waals surface area (Å²) in [4.78, 5) is 7.76. The molecule has 3 rings (SSSR count). The van der Waals surface area contributed by atoms with Crippen LogP contribution in [0.2, 0.25) is 0 Å². The highest BCUT2D eigenvalue weighted by atomic mass is 35.5. The van der Waals surface area contributed by atoms with Crippen molar-refractivity contribution in [3.8, 4) is 10.7 Å². The monoisotopic (exact) mass is 300 g/mol. The SMILES string of the molecule is CN(Cc1nc(-c2cccs2)no1)C1CCNC1.Cl. The first kappa shape index (κ1) is 14.5. The van der Waals surface area contributed by atoms with Crippen molar-refractivity contribution in [2.75, 3.05) is 20.1 Å². The van der Waals surface area contributed by atoms with Gasteiger partial charge in [-0.15, -0.1) is 23.7 Å². The fraction of sp³-hybridized carbons (Fsp3) is 0.500. The number of halogens is 1. The lowest BCUT2D eigenvalue weighted by Crippen LogP contribution is -2.32. The van der Waals surface area contributed by atoms with Gasteiger partial charge in [0.1, 0.15) is 0 Å². The predicted octanol–water partition coefficient (Wildman–Crippen LogP) is 2.01. The van der Waals surface area contributed by atoms with Crippen molar-refractivity contribution in [2.45, 2.75) is 19.0 Å². The summed E-state index contributed by atoms with van der Waals surface area (Å²) < 4.78 is 5.30. The van der Waals surface area contributed by atoms with Gasteiger partial charge in [0.2, 0.25) is 11.7 Å². The molecule has 0 bridgehead atoms. The van der Waals surface area contributed by atoms with Gasteiger partial charge in [-0.05, 0) is 31.5 Å². The van der Waals surface area contributed by atoms with Gasteiger partial charge < -0.3 is 9.84 Å². The van der Waals surface area contributed by atoms with Crippen LogP contribution in [0.3, 0.4) is 0 Å². The summed E-state index contributed by atoms with van der Waals surface area (Å²) in [5.74, 6) is 1.38. The van der Waals surface area contributed by atoms with Crippen LogP contribution in [0, 0.1) is 0 Å². The van der Waals surface area contributed by atoms with Crippen molar-refractivity contribution < 1.29 is 4.52 Å². The van der Waals surface area contributed by atoms with Crippen LogP contribution < -0.4 is 5.32 Å². The van der Waals surface area contributed by atoms with E-state index in [-0.39, 0.29) is 12.4 Å². The van der Waals surface area contributed by atoms with E-state index in [1.54, 1.807) is 11.3 Å². The normalized spacial score (nSPS) is 18.7. The second kappa shape index (κ2) is 6.47. The lowest BCUT2D eigenvalue weighted by atomic mass is 10.2. The van der Waals surface area contributed by atoms with E-state index in [1.807, 2.05) is 17.5 Å². The molecule has 1 atom stereocenters. The van der Waals surface area contributed by atoms with E-state index >= 15 is 0 Å². The van der Waals surface area contributed by atoms with Crippen LogP contribution in [0.4, 0.5) is 0 Å². The zero-order valence-corrected chi connectivity index (χ0v) is 12.3. The second-order valence-corrected chi connectivity index (χ2v) is 5.50. The van der Waals surface area contributed by atoms with Crippen molar-refractivity contribution in [2.24, 2.45) is 0 Å². The Kier molecular flexibility index (Phi) is 4.93. The molecule has 1 unspecified atom stereocenters. The third kappa shape index (κ3) is 3.33. The Bertz CT molecular complexity index is 496. The molecule has 1 aliphatic heterocycles. The van der Waals surface area contributed by atoms with Gasteiger partial charge in [0.05, 0.1) is 11.4 Å². The van der Waals surface area contributed by atoms with Crippen molar-refractivity contribution in [1.82, 2.24) is 20.4 Å². The summed E-state index contributed by atoms with van der Waals surface area (Å²) in [6.45, 7) is 2.85. The molecule has 1 saturated heterocycles. The van der Waals surface area contributed by atoms with Gasteiger partial charge in [-0.25, -0.2) is 0 Å². The Morgan fingerprint density at radius 3 is 3.16 bits per heavy atom. The third-order valence-electron chi connectivity index (χ3n) is 3.25. The molecule has 0 radical (unpaired) electrons. The zero-order valence-electron chi connectivity index (χ0n) is 10.7. The zero-order chi connectivity index (χ0) is 12.4. The van der Waals surface area contributed by atoms with Crippen molar-refractivity contribution in [3.63, 3.8) is 0 Å². The minimum Gasteiger partial charge on any atom is -0.338 e. The highest BCUT2D eigenvalue weighted by molar-refractivity contribution is 7.13. The maximum Gasteiger partial charge on any atom is 0.241 e. The average molecular weight is 301 g/mol. The molecule has 5 nitrogen and oxygen atoms in total. The highest BCUT2D eigenvalue weighted by Crippen LogP contribution is 2.21. The number of thiophene rings is 1. The summed E-state index contributed by atoms with van der Waals surface area (Å²) in [7, 11) is 2.10. The Hall–Kier alpha value is -0.950. The van der Waals surface area contributed by atoms with Crippen LogP contribution in [0.5, 0.6) is 0 Å². The van der Waals surface area contributed by atoms with Gasteiger partial charge in [-0.2, -0.15) is 4.98 Å². The Morgan fingerprint density at radius 2 is 2.47 bits per heavy atom. The first-order chi connectivity index (χ1) is 8.83. The molecule has 19 heavy (non-hydrogen) atoms. The highest BCUT2D eigenvalue weighted by Gasteiger charge is 2.21. The number of nitrogens with zero attached hydrogens (tertiary/aromatic N) is 3. The van der Waals surface area contributed by atoms with Crippen molar-refractivity contribution in [1.29, 1.82) is 0 Å². The molecular formula is C12H17ClN4OS. The van der Waals surface area contributed by atoms with E-state index in [1.165, 1.54) is 6.42 Å². The lowest BCUT2D eigenvalue weighted by molar-refractivity contribution is 0.214. The van der Waals surface area contributed by atoms with E-state index < -0.39 is 0 Å². The van der Waals surface area contributed by atoms with Gasteiger partial charge in [0, 0.05) is 12.6 Å².